The summed E-state index contributed by atoms with van der Waals surface area (Å²) in [5.74, 6) is 1.07. The number of ether oxygens (including phenoxy) is 1. The van der Waals surface area contributed by atoms with Crippen molar-refractivity contribution in [3.8, 4) is 17.7 Å². The number of benzene rings is 2. The van der Waals surface area contributed by atoms with E-state index in [1.165, 1.54) is 0 Å². The highest BCUT2D eigenvalue weighted by Gasteiger charge is 2.06. The minimum atomic E-state index is 0.408. The molecule has 0 aliphatic rings. The molecule has 4 nitrogen and oxygen atoms in total. The molecule has 0 aliphatic heterocycles. The van der Waals surface area contributed by atoms with Crippen LogP contribution in [0, 0.1) is 11.3 Å². The minimum Gasteiger partial charge on any atom is -0.439 e. The lowest BCUT2D eigenvalue weighted by Gasteiger charge is -2.07. The average molecular weight is 275 g/mol. The molecule has 0 atom stereocenters. The summed E-state index contributed by atoms with van der Waals surface area (Å²) in [7, 11) is 0. The molecule has 4 heteroatoms. The van der Waals surface area contributed by atoms with Crippen LogP contribution < -0.4 is 10.5 Å². The first-order valence-corrected chi connectivity index (χ1v) is 6.57. The molecule has 3 rings (SSSR count). The number of hydrogen-bond donors (Lipinski definition) is 1. The van der Waals surface area contributed by atoms with Crippen molar-refractivity contribution in [1.29, 1.82) is 5.26 Å². The molecule has 2 aromatic carbocycles. The molecular weight excluding hydrogens is 262 g/mol. The number of para-hydroxylation sites is 1. The van der Waals surface area contributed by atoms with Crippen molar-refractivity contribution in [1.82, 2.24) is 4.98 Å². The van der Waals surface area contributed by atoms with Crippen LogP contribution >= 0.6 is 0 Å². The first-order valence-electron chi connectivity index (χ1n) is 6.57. The van der Waals surface area contributed by atoms with E-state index < -0.39 is 0 Å². The molecule has 0 radical (unpaired) electrons. The molecule has 1 aromatic heterocycles. The third kappa shape index (κ3) is 2.69. The Hall–Kier alpha value is -2.90. The van der Waals surface area contributed by atoms with Gasteiger partial charge in [-0.3, -0.25) is 0 Å². The first-order chi connectivity index (χ1) is 10.3. The number of nitriles is 1. The first kappa shape index (κ1) is 13.1. The fraction of sp³-hybridized carbons (Fsp3) is 0.0588. The summed E-state index contributed by atoms with van der Waals surface area (Å²) in [6.45, 7) is 0.493. The average Bonchev–Trinajstić information content (AvgIpc) is 2.55. The van der Waals surface area contributed by atoms with E-state index in [4.69, 9.17) is 10.5 Å². The van der Waals surface area contributed by atoms with Crippen LogP contribution in [0.25, 0.3) is 10.9 Å². The van der Waals surface area contributed by atoms with Gasteiger partial charge in [0.2, 0.25) is 5.88 Å². The maximum atomic E-state index is 9.25. The Kier molecular flexibility index (Phi) is 3.50. The molecule has 0 saturated heterocycles. The molecule has 102 valence electrons. The Bertz CT molecular complexity index is 820. The van der Waals surface area contributed by atoms with Crippen LogP contribution in [0.4, 0.5) is 0 Å². The normalized spacial score (nSPS) is 10.3. The van der Waals surface area contributed by atoms with E-state index in [2.05, 4.69) is 11.1 Å². The lowest BCUT2D eigenvalue weighted by Crippen LogP contribution is -1.96. The topological polar surface area (TPSA) is 71.9 Å². The number of hydrogen-bond acceptors (Lipinski definition) is 4. The van der Waals surface area contributed by atoms with E-state index in [-0.39, 0.29) is 0 Å². The van der Waals surface area contributed by atoms with E-state index >= 15 is 0 Å². The summed E-state index contributed by atoms with van der Waals surface area (Å²) in [5, 5.41) is 10.1. The van der Waals surface area contributed by atoms with Gasteiger partial charge in [-0.2, -0.15) is 5.26 Å². The molecule has 21 heavy (non-hydrogen) atoms. The fourth-order valence-electron chi connectivity index (χ4n) is 2.11. The molecule has 0 bridgehead atoms. The van der Waals surface area contributed by atoms with Crippen LogP contribution in [0.5, 0.6) is 11.6 Å². The number of rotatable bonds is 3. The molecule has 3 aromatic rings. The summed E-state index contributed by atoms with van der Waals surface area (Å²) < 4.78 is 5.73. The second-order valence-corrected chi connectivity index (χ2v) is 4.59. The molecule has 1 heterocycles. The molecule has 2 N–H and O–H groups in total. The summed E-state index contributed by atoms with van der Waals surface area (Å²) in [4.78, 5) is 4.42. The van der Waals surface area contributed by atoms with Crippen molar-refractivity contribution in [2.24, 2.45) is 5.73 Å². The zero-order valence-corrected chi connectivity index (χ0v) is 11.3. The van der Waals surface area contributed by atoms with E-state index in [0.29, 0.717) is 23.7 Å². The molecule has 0 amide bonds. The molecule has 0 unspecified atom stereocenters. The van der Waals surface area contributed by atoms with Gasteiger partial charge < -0.3 is 10.5 Å². The highest BCUT2D eigenvalue weighted by molar-refractivity contribution is 5.85. The van der Waals surface area contributed by atoms with Crippen molar-refractivity contribution in [2.45, 2.75) is 6.54 Å². The predicted molar refractivity (Wildman–Crippen MR) is 80.9 cm³/mol. The van der Waals surface area contributed by atoms with Gasteiger partial charge in [0.1, 0.15) is 11.8 Å². The van der Waals surface area contributed by atoms with Gasteiger partial charge in [0.05, 0.1) is 11.1 Å². The number of pyridine rings is 1. The summed E-state index contributed by atoms with van der Waals surface area (Å²) in [5.41, 5.74) is 7.89. The van der Waals surface area contributed by atoms with Gasteiger partial charge in [0.25, 0.3) is 0 Å². The molecular formula is C17H13N3O. The van der Waals surface area contributed by atoms with Crippen molar-refractivity contribution >= 4 is 10.9 Å². The zero-order valence-electron chi connectivity index (χ0n) is 11.3. The summed E-state index contributed by atoms with van der Waals surface area (Å²) >= 11 is 0. The van der Waals surface area contributed by atoms with Gasteiger partial charge in [0.15, 0.2) is 0 Å². The quantitative estimate of drug-likeness (QED) is 0.795. The fourth-order valence-corrected chi connectivity index (χ4v) is 2.11. The van der Waals surface area contributed by atoms with Gasteiger partial charge in [-0.1, -0.05) is 30.3 Å². The zero-order chi connectivity index (χ0) is 14.7. The number of nitrogens with two attached hydrogens (primary N) is 1. The maximum Gasteiger partial charge on any atom is 0.221 e. The summed E-state index contributed by atoms with van der Waals surface area (Å²) in [6.07, 6.45) is 0. The Morgan fingerprint density at radius 1 is 1.10 bits per heavy atom. The van der Waals surface area contributed by atoms with Gasteiger partial charge in [-0.05, 0) is 23.8 Å². The Morgan fingerprint density at radius 2 is 1.86 bits per heavy atom. The van der Waals surface area contributed by atoms with E-state index in [9.17, 15) is 5.26 Å². The Balaban J connectivity index is 1.98. The summed E-state index contributed by atoms with van der Waals surface area (Å²) in [6, 6.07) is 18.8. The smallest absolute Gasteiger partial charge is 0.221 e. The van der Waals surface area contributed by atoms with Crippen LogP contribution in [0.3, 0.4) is 0 Å². The van der Waals surface area contributed by atoms with E-state index in [1.54, 1.807) is 6.07 Å². The largest absolute Gasteiger partial charge is 0.439 e. The minimum absolute atomic E-state index is 0.408. The lowest BCUT2D eigenvalue weighted by atomic mass is 10.1. The molecule has 0 spiro atoms. The Labute approximate surface area is 122 Å². The van der Waals surface area contributed by atoms with Crippen molar-refractivity contribution in [3.05, 3.63) is 65.7 Å². The monoisotopic (exact) mass is 275 g/mol. The van der Waals surface area contributed by atoms with Crippen LogP contribution in [-0.2, 0) is 6.54 Å². The highest BCUT2D eigenvalue weighted by Crippen LogP contribution is 2.25. The second-order valence-electron chi connectivity index (χ2n) is 4.59. The molecule has 0 aliphatic carbocycles. The Morgan fingerprint density at radius 3 is 2.57 bits per heavy atom. The van der Waals surface area contributed by atoms with Crippen molar-refractivity contribution in [2.75, 3.05) is 0 Å². The van der Waals surface area contributed by atoms with Gasteiger partial charge in [-0.25, -0.2) is 4.98 Å². The van der Waals surface area contributed by atoms with Gasteiger partial charge in [0, 0.05) is 18.0 Å². The maximum absolute atomic E-state index is 9.25. The lowest BCUT2D eigenvalue weighted by molar-refractivity contribution is 0.465. The van der Waals surface area contributed by atoms with Crippen LogP contribution in [0.1, 0.15) is 11.1 Å². The van der Waals surface area contributed by atoms with Crippen molar-refractivity contribution < 1.29 is 4.74 Å². The number of nitrogens with zero attached hydrogens (tertiary/aromatic N) is 2. The van der Waals surface area contributed by atoms with Gasteiger partial charge >= 0.3 is 0 Å². The van der Waals surface area contributed by atoms with E-state index in [0.717, 1.165) is 16.5 Å². The standard InChI is InChI=1S/C17H13N3O/c18-10-12-5-7-14(8-6-12)21-17-9-13(11-19)15-3-1-2-4-16(15)20-17/h1-9H,10,18H2. The van der Waals surface area contributed by atoms with E-state index in [1.807, 2.05) is 48.5 Å². The number of fused-ring (bicyclic) bond motifs is 1. The third-order valence-corrected chi connectivity index (χ3v) is 3.19. The van der Waals surface area contributed by atoms with Crippen molar-refractivity contribution in [3.63, 3.8) is 0 Å². The SMILES string of the molecule is N#Cc1cc(Oc2ccc(CN)cc2)nc2ccccc12. The van der Waals surface area contributed by atoms with Crippen LogP contribution in [0.15, 0.2) is 54.6 Å². The highest BCUT2D eigenvalue weighted by atomic mass is 16.5. The second kappa shape index (κ2) is 5.61. The third-order valence-electron chi connectivity index (χ3n) is 3.19. The van der Waals surface area contributed by atoms with Gasteiger partial charge in [-0.15, -0.1) is 0 Å². The molecule has 0 saturated carbocycles. The molecule has 0 fully saturated rings. The van der Waals surface area contributed by atoms with Crippen LogP contribution in [0.2, 0.25) is 0 Å². The van der Waals surface area contributed by atoms with Crippen LogP contribution in [-0.4, -0.2) is 4.98 Å². The number of aromatic nitrogens is 1. The predicted octanol–water partition coefficient (Wildman–Crippen LogP) is 3.36.